The topological polar surface area (TPSA) is 73.4 Å². The Morgan fingerprint density at radius 2 is 1.94 bits per heavy atom. The standard InChI is InChI=1S/C13H24N4O/c1-16(9-3-8-14)13(18)10-17(2)12-6-4-11(15)5-7-12/h11-12H,3-7,9-10,15H2,1-2H3. The number of hydrogen-bond donors (Lipinski definition) is 1. The molecule has 1 amide bonds. The van der Waals surface area contributed by atoms with Crippen molar-refractivity contribution < 1.29 is 4.79 Å². The number of nitriles is 1. The van der Waals surface area contributed by atoms with Gasteiger partial charge in [-0.15, -0.1) is 0 Å². The minimum Gasteiger partial charge on any atom is -0.344 e. The molecule has 0 atom stereocenters. The summed E-state index contributed by atoms with van der Waals surface area (Å²) in [4.78, 5) is 15.7. The van der Waals surface area contributed by atoms with Crippen molar-refractivity contribution in [1.82, 2.24) is 9.80 Å². The molecule has 102 valence electrons. The van der Waals surface area contributed by atoms with Gasteiger partial charge >= 0.3 is 0 Å². The molecule has 0 radical (unpaired) electrons. The Bertz CT molecular complexity index is 305. The lowest BCUT2D eigenvalue weighted by Gasteiger charge is -2.33. The maximum Gasteiger partial charge on any atom is 0.236 e. The summed E-state index contributed by atoms with van der Waals surface area (Å²) >= 11 is 0. The van der Waals surface area contributed by atoms with Crippen LogP contribution in [0.25, 0.3) is 0 Å². The SMILES string of the molecule is CN(CCC#N)C(=O)CN(C)C1CCC(N)CC1. The molecule has 1 rings (SSSR count). The summed E-state index contributed by atoms with van der Waals surface area (Å²) in [5, 5.41) is 8.50. The van der Waals surface area contributed by atoms with Crippen LogP contribution in [0.1, 0.15) is 32.1 Å². The molecule has 0 bridgehead atoms. The van der Waals surface area contributed by atoms with Crippen LogP contribution in [0, 0.1) is 11.3 Å². The average molecular weight is 252 g/mol. The van der Waals surface area contributed by atoms with Gasteiger partial charge < -0.3 is 10.6 Å². The van der Waals surface area contributed by atoms with Crippen molar-refractivity contribution in [2.75, 3.05) is 27.2 Å². The Kier molecular flexibility index (Phi) is 6.10. The fourth-order valence-electron chi connectivity index (χ4n) is 2.35. The maximum absolute atomic E-state index is 11.9. The molecule has 18 heavy (non-hydrogen) atoms. The first kappa shape index (κ1) is 14.9. The Balaban J connectivity index is 2.33. The van der Waals surface area contributed by atoms with Gasteiger partial charge in [0, 0.05) is 25.7 Å². The van der Waals surface area contributed by atoms with Gasteiger partial charge in [0.15, 0.2) is 0 Å². The fourth-order valence-corrected chi connectivity index (χ4v) is 2.35. The maximum atomic E-state index is 11.9. The highest BCUT2D eigenvalue weighted by Crippen LogP contribution is 2.20. The van der Waals surface area contributed by atoms with Crippen LogP contribution in [0.4, 0.5) is 0 Å². The second-order valence-corrected chi connectivity index (χ2v) is 5.21. The Morgan fingerprint density at radius 1 is 1.33 bits per heavy atom. The highest BCUT2D eigenvalue weighted by molar-refractivity contribution is 5.78. The molecule has 1 aliphatic carbocycles. The van der Waals surface area contributed by atoms with E-state index < -0.39 is 0 Å². The van der Waals surface area contributed by atoms with Crippen LogP contribution >= 0.6 is 0 Å². The quantitative estimate of drug-likeness (QED) is 0.776. The summed E-state index contributed by atoms with van der Waals surface area (Å²) in [5.41, 5.74) is 5.88. The zero-order chi connectivity index (χ0) is 13.5. The van der Waals surface area contributed by atoms with Crippen LogP contribution in [-0.4, -0.2) is 55.0 Å². The second kappa shape index (κ2) is 7.34. The number of hydrogen-bond acceptors (Lipinski definition) is 4. The normalized spacial score (nSPS) is 23.7. The van der Waals surface area contributed by atoms with Gasteiger partial charge in [0.1, 0.15) is 0 Å². The number of likely N-dealkylation sites (N-methyl/N-ethyl adjacent to an activating group) is 2. The molecule has 0 aromatic heterocycles. The fraction of sp³-hybridized carbons (Fsp3) is 0.846. The summed E-state index contributed by atoms with van der Waals surface area (Å²) in [5.74, 6) is 0.0858. The Morgan fingerprint density at radius 3 is 2.50 bits per heavy atom. The smallest absolute Gasteiger partial charge is 0.236 e. The molecule has 0 saturated heterocycles. The first-order valence-corrected chi connectivity index (χ1v) is 6.61. The van der Waals surface area contributed by atoms with Crippen molar-refractivity contribution >= 4 is 5.91 Å². The third-order valence-corrected chi connectivity index (χ3v) is 3.73. The van der Waals surface area contributed by atoms with Crippen molar-refractivity contribution in [2.24, 2.45) is 5.73 Å². The molecular weight excluding hydrogens is 228 g/mol. The van der Waals surface area contributed by atoms with Crippen molar-refractivity contribution in [2.45, 2.75) is 44.2 Å². The number of amides is 1. The van der Waals surface area contributed by atoms with Crippen LogP contribution in [0.2, 0.25) is 0 Å². The van der Waals surface area contributed by atoms with E-state index in [9.17, 15) is 4.79 Å². The van der Waals surface area contributed by atoms with Crippen LogP contribution in [-0.2, 0) is 4.79 Å². The highest BCUT2D eigenvalue weighted by Gasteiger charge is 2.23. The minimum atomic E-state index is 0.0858. The first-order chi connectivity index (χ1) is 8.54. The van der Waals surface area contributed by atoms with Crippen molar-refractivity contribution in [1.29, 1.82) is 5.26 Å². The van der Waals surface area contributed by atoms with E-state index in [1.807, 2.05) is 7.05 Å². The van der Waals surface area contributed by atoms with Crippen molar-refractivity contribution in [3.8, 4) is 6.07 Å². The van der Waals surface area contributed by atoms with E-state index in [1.165, 1.54) is 0 Å². The van der Waals surface area contributed by atoms with Gasteiger partial charge in [-0.1, -0.05) is 0 Å². The molecular formula is C13H24N4O. The molecule has 0 unspecified atom stereocenters. The van der Waals surface area contributed by atoms with Crippen LogP contribution < -0.4 is 5.73 Å². The van der Waals surface area contributed by atoms with Crippen LogP contribution in [0.3, 0.4) is 0 Å². The van der Waals surface area contributed by atoms with Gasteiger partial charge in [0.25, 0.3) is 0 Å². The number of nitrogens with two attached hydrogens (primary N) is 1. The molecule has 1 saturated carbocycles. The lowest BCUT2D eigenvalue weighted by atomic mass is 9.91. The largest absolute Gasteiger partial charge is 0.344 e. The minimum absolute atomic E-state index is 0.0858. The lowest BCUT2D eigenvalue weighted by molar-refractivity contribution is -0.131. The van der Waals surface area contributed by atoms with E-state index in [4.69, 9.17) is 11.0 Å². The molecule has 0 heterocycles. The number of carbonyl (C=O) groups excluding carboxylic acids is 1. The van der Waals surface area contributed by atoms with Gasteiger partial charge in [0.2, 0.25) is 5.91 Å². The predicted octanol–water partition coefficient (Wildman–Crippen LogP) is 0.560. The molecule has 0 aliphatic heterocycles. The van der Waals surface area contributed by atoms with Gasteiger partial charge in [-0.3, -0.25) is 9.69 Å². The monoisotopic (exact) mass is 252 g/mol. The molecule has 0 aromatic rings. The number of rotatable bonds is 5. The Hall–Kier alpha value is -1.12. The van der Waals surface area contributed by atoms with Gasteiger partial charge in [-0.2, -0.15) is 5.26 Å². The van der Waals surface area contributed by atoms with E-state index >= 15 is 0 Å². The van der Waals surface area contributed by atoms with E-state index in [2.05, 4.69) is 11.0 Å². The predicted molar refractivity (Wildman–Crippen MR) is 70.7 cm³/mol. The molecule has 0 spiro atoms. The van der Waals surface area contributed by atoms with Crippen LogP contribution in [0.5, 0.6) is 0 Å². The van der Waals surface area contributed by atoms with Gasteiger partial charge in [-0.05, 0) is 32.7 Å². The van der Waals surface area contributed by atoms with E-state index in [0.717, 1.165) is 25.7 Å². The van der Waals surface area contributed by atoms with Gasteiger partial charge in [0.05, 0.1) is 19.0 Å². The number of nitrogens with zero attached hydrogens (tertiary/aromatic N) is 3. The summed E-state index contributed by atoms with van der Waals surface area (Å²) in [6.45, 7) is 0.945. The number of carbonyl (C=O) groups is 1. The zero-order valence-corrected chi connectivity index (χ0v) is 11.4. The second-order valence-electron chi connectivity index (χ2n) is 5.21. The van der Waals surface area contributed by atoms with E-state index in [-0.39, 0.29) is 5.91 Å². The molecule has 1 aliphatic rings. The van der Waals surface area contributed by atoms with Crippen molar-refractivity contribution in [3.63, 3.8) is 0 Å². The summed E-state index contributed by atoms with van der Waals surface area (Å²) in [7, 11) is 3.75. The zero-order valence-electron chi connectivity index (χ0n) is 11.4. The van der Waals surface area contributed by atoms with Crippen LogP contribution in [0.15, 0.2) is 0 Å². The summed E-state index contributed by atoms with van der Waals surface area (Å²) < 4.78 is 0. The Labute approximate surface area is 110 Å². The van der Waals surface area contributed by atoms with Crippen molar-refractivity contribution in [3.05, 3.63) is 0 Å². The third kappa shape index (κ3) is 4.63. The van der Waals surface area contributed by atoms with Gasteiger partial charge in [-0.25, -0.2) is 0 Å². The van der Waals surface area contributed by atoms with E-state index in [0.29, 0.717) is 31.6 Å². The summed E-state index contributed by atoms with van der Waals surface area (Å²) in [6.07, 6.45) is 4.64. The summed E-state index contributed by atoms with van der Waals surface area (Å²) in [6, 6.07) is 2.86. The first-order valence-electron chi connectivity index (χ1n) is 6.61. The third-order valence-electron chi connectivity index (χ3n) is 3.73. The molecule has 0 aromatic carbocycles. The molecule has 2 N–H and O–H groups in total. The van der Waals surface area contributed by atoms with E-state index in [1.54, 1.807) is 11.9 Å². The average Bonchev–Trinajstić information content (AvgIpc) is 2.36. The molecule has 1 fully saturated rings. The molecule has 5 heteroatoms. The highest BCUT2D eigenvalue weighted by atomic mass is 16.2. The lowest BCUT2D eigenvalue weighted by Crippen LogP contribution is -2.44. The molecule has 5 nitrogen and oxygen atoms in total.